The summed E-state index contributed by atoms with van der Waals surface area (Å²) >= 11 is 0. The molecule has 0 aliphatic carbocycles. The Morgan fingerprint density at radius 1 is 0.826 bits per heavy atom. The standard InChI is InChI=1S/C18H20N2O3/c21-17(13-15-7-3-1-4-8-15)20-14-18(22)19-11-12-23-16-9-5-2-6-10-16/h1-10H,11-14H2,(H,19,22)(H,20,21). The molecule has 0 aromatic heterocycles. The maximum atomic E-state index is 11.7. The summed E-state index contributed by atoms with van der Waals surface area (Å²) in [5, 5.41) is 5.29. The molecule has 5 nitrogen and oxygen atoms in total. The SMILES string of the molecule is O=C(CNC(=O)Cc1ccccc1)NCCOc1ccccc1. The fraction of sp³-hybridized carbons (Fsp3) is 0.222. The third kappa shape index (κ3) is 6.65. The van der Waals surface area contributed by atoms with Gasteiger partial charge in [-0.25, -0.2) is 0 Å². The quantitative estimate of drug-likeness (QED) is 0.727. The highest BCUT2D eigenvalue weighted by atomic mass is 16.5. The van der Waals surface area contributed by atoms with Crippen LogP contribution in [-0.2, 0) is 16.0 Å². The number of ether oxygens (including phenoxy) is 1. The predicted molar refractivity (Wildman–Crippen MR) is 88.1 cm³/mol. The number of rotatable bonds is 8. The smallest absolute Gasteiger partial charge is 0.239 e. The molecular formula is C18H20N2O3. The van der Waals surface area contributed by atoms with Gasteiger partial charge in [0.15, 0.2) is 0 Å². The Morgan fingerprint density at radius 2 is 1.48 bits per heavy atom. The molecule has 0 spiro atoms. The van der Waals surface area contributed by atoms with Crippen LogP contribution in [0.5, 0.6) is 5.75 Å². The van der Waals surface area contributed by atoms with Crippen molar-refractivity contribution in [1.82, 2.24) is 10.6 Å². The van der Waals surface area contributed by atoms with Gasteiger partial charge in [-0.15, -0.1) is 0 Å². The van der Waals surface area contributed by atoms with Gasteiger partial charge in [-0.05, 0) is 17.7 Å². The molecule has 2 aromatic rings. The Morgan fingerprint density at radius 3 is 2.17 bits per heavy atom. The van der Waals surface area contributed by atoms with Crippen LogP contribution in [-0.4, -0.2) is 31.5 Å². The minimum atomic E-state index is -0.233. The van der Waals surface area contributed by atoms with Gasteiger partial charge in [0.25, 0.3) is 0 Å². The number of nitrogens with one attached hydrogen (secondary N) is 2. The molecule has 0 fully saturated rings. The molecule has 0 saturated carbocycles. The van der Waals surface area contributed by atoms with E-state index >= 15 is 0 Å². The van der Waals surface area contributed by atoms with Gasteiger partial charge in [0.2, 0.25) is 11.8 Å². The Balaban J connectivity index is 1.57. The van der Waals surface area contributed by atoms with Gasteiger partial charge in [0, 0.05) is 0 Å². The summed E-state index contributed by atoms with van der Waals surface area (Å²) in [5.41, 5.74) is 0.918. The van der Waals surface area contributed by atoms with Crippen molar-refractivity contribution in [2.24, 2.45) is 0 Å². The average Bonchev–Trinajstić information content (AvgIpc) is 2.59. The number of benzene rings is 2. The molecule has 2 rings (SSSR count). The first kappa shape index (κ1) is 16.5. The highest BCUT2D eigenvalue weighted by Gasteiger charge is 2.06. The fourth-order valence-corrected chi connectivity index (χ4v) is 1.96. The van der Waals surface area contributed by atoms with Crippen molar-refractivity contribution in [3.8, 4) is 5.75 Å². The molecule has 0 bridgehead atoms. The Bertz CT molecular complexity index is 615. The van der Waals surface area contributed by atoms with Crippen LogP contribution < -0.4 is 15.4 Å². The Kier molecular flexibility index (Phi) is 6.65. The minimum absolute atomic E-state index is 0.0308. The number of hydrogen-bond donors (Lipinski definition) is 2. The summed E-state index contributed by atoms with van der Waals surface area (Å²) in [4.78, 5) is 23.3. The molecule has 0 saturated heterocycles. The number of carbonyl (C=O) groups is 2. The lowest BCUT2D eigenvalue weighted by atomic mass is 10.1. The summed E-state index contributed by atoms with van der Waals surface area (Å²) < 4.78 is 5.46. The molecule has 5 heteroatoms. The number of amides is 2. The molecule has 2 aromatic carbocycles. The number of para-hydroxylation sites is 1. The lowest BCUT2D eigenvalue weighted by Gasteiger charge is -2.08. The molecule has 2 N–H and O–H groups in total. The lowest BCUT2D eigenvalue weighted by Crippen LogP contribution is -2.39. The van der Waals surface area contributed by atoms with Crippen molar-refractivity contribution in [2.75, 3.05) is 19.7 Å². The Hall–Kier alpha value is -2.82. The van der Waals surface area contributed by atoms with E-state index in [2.05, 4.69) is 10.6 Å². The average molecular weight is 312 g/mol. The second-order valence-corrected chi connectivity index (χ2v) is 4.95. The van der Waals surface area contributed by atoms with E-state index in [1.807, 2.05) is 60.7 Å². The van der Waals surface area contributed by atoms with Gasteiger partial charge in [0.05, 0.1) is 19.5 Å². The van der Waals surface area contributed by atoms with Gasteiger partial charge < -0.3 is 15.4 Å². The first-order valence-corrected chi connectivity index (χ1v) is 7.49. The summed E-state index contributed by atoms with van der Waals surface area (Å²) in [6, 6.07) is 18.8. The Labute approximate surface area is 135 Å². The molecule has 120 valence electrons. The van der Waals surface area contributed by atoms with E-state index in [0.29, 0.717) is 13.2 Å². The van der Waals surface area contributed by atoms with Crippen molar-refractivity contribution in [3.05, 3.63) is 66.2 Å². The minimum Gasteiger partial charge on any atom is -0.492 e. The third-order valence-electron chi connectivity index (χ3n) is 3.09. The summed E-state index contributed by atoms with van der Waals surface area (Å²) in [6.07, 6.45) is 0.269. The van der Waals surface area contributed by atoms with E-state index in [0.717, 1.165) is 11.3 Å². The molecule has 0 radical (unpaired) electrons. The zero-order valence-corrected chi connectivity index (χ0v) is 12.8. The van der Waals surface area contributed by atoms with Gasteiger partial charge >= 0.3 is 0 Å². The van der Waals surface area contributed by atoms with Crippen molar-refractivity contribution < 1.29 is 14.3 Å². The molecule has 0 heterocycles. The lowest BCUT2D eigenvalue weighted by molar-refractivity contribution is -0.125. The predicted octanol–water partition coefficient (Wildman–Crippen LogP) is 1.54. The summed E-state index contributed by atoms with van der Waals surface area (Å²) in [6.45, 7) is 0.743. The molecular weight excluding hydrogens is 292 g/mol. The monoisotopic (exact) mass is 312 g/mol. The van der Waals surface area contributed by atoms with E-state index in [9.17, 15) is 9.59 Å². The van der Waals surface area contributed by atoms with Crippen molar-refractivity contribution >= 4 is 11.8 Å². The van der Waals surface area contributed by atoms with Crippen LogP contribution in [0, 0.1) is 0 Å². The van der Waals surface area contributed by atoms with Gasteiger partial charge in [0.1, 0.15) is 12.4 Å². The van der Waals surface area contributed by atoms with Gasteiger partial charge in [-0.2, -0.15) is 0 Å². The maximum Gasteiger partial charge on any atom is 0.239 e. The number of hydrogen-bond acceptors (Lipinski definition) is 3. The van der Waals surface area contributed by atoms with Crippen molar-refractivity contribution in [2.45, 2.75) is 6.42 Å². The summed E-state index contributed by atoms with van der Waals surface area (Å²) in [5.74, 6) is 0.355. The van der Waals surface area contributed by atoms with Crippen LogP contribution in [0.2, 0.25) is 0 Å². The third-order valence-corrected chi connectivity index (χ3v) is 3.09. The second-order valence-electron chi connectivity index (χ2n) is 4.95. The normalized spacial score (nSPS) is 9.91. The maximum absolute atomic E-state index is 11.7. The van der Waals surface area contributed by atoms with Crippen LogP contribution >= 0.6 is 0 Å². The van der Waals surface area contributed by atoms with Crippen LogP contribution in [0.15, 0.2) is 60.7 Å². The van der Waals surface area contributed by atoms with Crippen LogP contribution in [0.4, 0.5) is 0 Å². The van der Waals surface area contributed by atoms with Crippen LogP contribution in [0.25, 0.3) is 0 Å². The van der Waals surface area contributed by atoms with Gasteiger partial charge in [-0.1, -0.05) is 48.5 Å². The van der Waals surface area contributed by atoms with E-state index < -0.39 is 0 Å². The van der Waals surface area contributed by atoms with Gasteiger partial charge in [-0.3, -0.25) is 9.59 Å². The zero-order valence-electron chi connectivity index (χ0n) is 12.8. The largest absolute Gasteiger partial charge is 0.492 e. The highest BCUT2D eigenvalue weighted by Crippen LogP contribution is 2.07. The summed E-state index contributed by atoms with van der Waals surface area (Å²) in [7, 11) is 0. The molecule has 0 aliphatic heterocycles. The highest BCUT2D eigenvalue weighted by molar-refractivity contribution is 5.85. The van der Waals surface area contributed by atoms with Crippen LogP contribution in [0.1, 0.15) is 5.56 Å². The topological polar surface area (TPSA) is 67.4 Å². The van der Waals surface area contributed by atoms with Crippen molar-refractivity contribution in [3.63, 3.8) is 0 Å². The van der Waals surface area contributed by atoms with Crippen LogP contribution in [0.3, 0.4) is 0 Å². The number of carbonyl (C=O) groups excluding carboxylic acids is 2. The zero-order chi connectivity index (χ0) is 16.3. The molecule has 0 atom stereocenters. The fourth-order valence-electron chi connectivity index (χ4n) is 1.96. The van der Waals surface area contributed by atoms with Crippen molar-refractivity contribution in [1.29, 1.82) is 0 Å². The molecule has 0 unspecified atom stereocenters. The molecule has 0 aliphatic rings. The first-order chi connectivity index (χ1) is 11.2. The van der Waals surface area contributed by atoms with E-state index in [4.69, 9.17) is 4.74 Å². The van der Waals surface area contributed by atoms with E-state index in [1.54, 1.807) is 0 Å². The second kappa shape index (κ2) is 9.25. The molecule has 23 heavy (non-hydrogen) atoms. The van der Waals surface area contributed by atoms with E-state index in [1.165, 1.54) is 0 Å². The molecule has 2 amide bonds. The first-order valence-electron chi connectivity index (χ1n) is 7.49. The van der Waals surface area contributed by atoms with E-state index in [-0.39, 0.29) is 24.8 Å².